The van der Waals surface area contributed by atoms with Gasteiger partial charge in [-0.3, -0.25) is 9.48 Å². The SMILES string of the molecule is COc1ccc(-c2nc(CNC(=O)c3c(C)nn(C)c3C)no2)cc1. The zero-order valence-electron chi connectivity index (χ0n) is 14.5. The Morgan fingerprint density at radius 1 is 1.28 bits per heavy atom. The average Bonchev–Trinajstić information content (AvgIpc) is 3.18. The molecule has 0 radical (unpaired) electrons. The summed E-state index contributed by atoms with van der Waals surface area (Å²) < 4.78 is 12.0. The standard InChI is InChI=1S/C17H19N5O3/c1-10-15(11(2)22(3)20-10)16(23)18-9-14-19-17(25-21-14)12-5-7-13(24-4)8-6-12/h5-8H,9H2,1-4H3,(H,18,23). The minimum absolute atomic E-state index is 0.173. The molecule has 0 aliphatic rings. The number of aryl methyl sites for hydroxylation is 2. The quantitative estimate of drug-likeness (QED) is 0.763. The number of benzene rings is 1. The Labute approximate surface area is 144 Å². The highest BCUT2D eigenvalue weighted by Gasteiger charge is 2.18. The molecule has 2 aromatic heterocycles. The third-order valence-corrected chi connectivity index (χ3v) is 3.95. The van der Waals surface area contributed by atoms with E-state index in [1.807, 2.05) is 31.2 Å². The van der Waals surface area contributed by atoms with Gasteiger partial charge in [0.15, 0.2) is 5.82 Å². The molecule has 130 valence electrons. The molecule has 0 saturated heterocycles. The number of nitrogens with zero attached hydrogens (tertiary/aromatic N) is 4. The van der Waals surface area contributed by atoms with Crippen molar-refractivity contribution in [1.29, 1.82) is 0 Å². The van der Waals surface area contributed by atoms with Gasteiger partial charge in [0, 0.05) is 18.3 Å². The van der Waals surface area contributed by atoms with E-state index < -0.39 is 0 Å². The first-order valence-corrected chi connectivity index (χ1v) is 7.75. The molecule has 3 rings (SSSR count). The van der Waals surface area contributed by atoms with Crippen molar-refractivity contribution in [1.82, 2.24) is 25.2 Å². The molecule has 0 saturated carbocycles. The van der Waals surface area contributed by atoms with Crippen molar-refractivity contribution in [3.8, 4) is 17.2 Å². The summed E-state index contributed by atoms with van der Waals surface area (Å²) in [4.78, 5) is 16.7. The molecule has 25 heavy (non-hydrogen) atoms. The molecule has 0 bridgehead atoms. The predicted octanol–water partition coefficient (Wildman–Crippen LogP) is 2.03. The van der Waals surface area contributed by atoms with E-state index in [0.29, 0.717) is 23.0 Å². The van der Waals surface area contributed by atoms with Crippen LogP contribution in [0.25, 0.3) is 11.5 Å². The second kappa shape index (κ2) is 6.76. The van der Waals surface area contributed by atoms with Crippen LogP contribution in [-0.4, -0.2) is 32.9 Å². The zero-order valence-corrected chi connectivity index (χ0v) is 14.5. The molecule has 8 nitrogen and oxygen atoms in total. The minimum Gasteiger partial charge on any atom is -0.497 e. The second-order valence-electron chi connectivity index (χ2n) is 5.60. The van der Waals surface area contributed by atoms with Crippen molar-refractivity contribution >= 4 is 5.91 Å². The fourth-order valence-corrected chi connectivity index (χ4v) is 2.53. The van der Waals surface area contributed by atoms with Gasteiger partial charge in [0.05, 0.1) is 24.9 Å². The fraction of sp³-hybridized carbons (Fsp3) is 0.294. The van der Waals surface area contributed by atoms with Gasteiger partial charge < -0.3 is 14.6 Å². The summed E-state index contributed by atoms with van der Waals surface area (Å²) in [5.41, 5.74) is 2.85. The van der Waals surface area contributed by atoms with E-state index in [9.17, 15) is 4.79 Å². The molecule has 0 atom stereocenters. The molecule has 0 unspecified atom stereocenters. The number of hydrogen-bond donors (Lipinski definition) is 1. The van der Waals surface area contributed by atoms with Crippen LogP contribution in [0.3, 0.4) is 0 Å². The Morgan fingerprint density at radius 3 is 2.60 bits per heavy atom. The van der Waals surface area contributed by atoms with Crippen LogP contribution in [0.1, 0.15) is 27.6 Å². The topological polar surface area (TPSA) is 95.1 Å². The van der Waals surface area contributed by atoms with Crippen molar-refractivity contribution in [3.05, 3.63) is 47.0 Å². The van der Waals surface area contributed by atoms with Crippen LogP contribution in [0.2, 0.25) is 0 Å². The Balaban J connectivity index is 1.68. The first-order chi connectivity index (χ1) is 12.0. The van der Waals surface area contributed by atoms with E-state index in [1.165, 1.54) is 0 Å². The number of aromatic nitrogens is 4. The van der Waals surface area contributed by atoms with Crippen LogP contribution in [0, 0.1) is 13.8 Å². The normalized spacial score (nSPS) is 10.7. The van der Waals surface area contributed by atoms with E-state index in [1.54, 1.807) is 25.8 Å². The highest BCUT2D eigenvalue weighted by molar-refractivity contribution is 5.96. The van der Waals surface area contributed by atoms with E-state index in [4.69, 9.17) is 9.26 Å². The molecule has 0 aliphatic carbocycles. The highest BCUT2D eigenvalue weighted by Crippen LogP contribution is 2.20. The van der Waals surface area contributed by atoms with Gasteiger partial charge >= 0.3 is 0 Å². The lowest BCUT2D eigenvalue weighted by atomic mass is 10.2. The molecule has 1 amide bonds. The van der Waals surface area contributed by atoms with Crippen molar-refractivity contribution < 1.29 is 14.1 Å². The maximum absolute atomic E-state index is 12.4. The summed E-state index contributed by atoms with van der Waals surface area (Å²) in [6, 6.07) is 7.29. The number of methoxy groups -OCH3 is 1. The number of nitrogens with one attached hydrogen (secondary N) is 1. The van der Waals surface area contributed by atoms with Crippen LogP contribution >= 0.6 is 0 Å². The van der Waals surface area contributed by atoms with Gasteiger partial charge in [-0.25, -0.2) is 0 Å². The predicted molar refractivity (Wildman–Crippen MR) is 90.1 cm³/mol. The number of ether oxygens (including phenoxy) is 1. The largest absolute Gasteiger partial charge is 0.497 e. The van der Waals surface area contributed by atoms with E-state index >= 15 is 0 Å². The van der Waals surface area contributed by atoms with Crippen molar-refractivity contribution in [2.45, 2.75) is 20.4 Å². The lowest BCUT2D eigenvalue weighted by Gasteiger charge is -2.02. The molecule has 8 heteroatoms. The Hall–Kier alpha value is -3.16. The highest BCUT2D eigenvalue weighted by atomic mass is 16.5. The molecule has 0 fully saturated rings. The summed E-state index contributed by atoms with van der Waals surface area (Å²) >= 11 is 0. The van der Waals surface area contributed by atoms with Gasteiger partial charge in [0.25, 0.3) is 11.8 Å². The van der Waals surface area contributed by atoms with E-state index in [0.717, 1.165) is 17.0 Å². The third-order valence-electron chi connectivity index (χ3n) is 3.95. The smallest absolute Gasteiger partial charge is 0.257 e. The van der Waals surface area contributed by atoms with Crippen molar-refractivity contribution in [3.63, 3.8) is 0 Å². The third kappa shape index (κ3) is 3.37. The summed E-state index contributed by atoms with van der Waals surface area (Å²) in [6.07, 6.45) is 0. The maximum Gasteiger partial charge on any atom is 0.257 e. The summed E-state index contributed by atoms with van der Waals surface area (Å²) in [5.74, 6) is 1.33. The number of carbonyl (C=O) groups excluding carboxylic acids is 1. The Morgan fingerprint density at radius 2 is 2.00 bits per heavy atom. The first kappa shape index (κ1) is 16.7. The molecule has 1 aromatic carbocycles. The van der Waals surface area contributed by atoms with Crippen LogP contribution < -0.4 is 10.1 Å². The molecular formula is C17H19N5O3. The molecule has 1 N–H and O–H groups in total. The number of rotatable bonds is 5. The lowest BCUT2D eigenvalue weighted by molar-refractivity contribution is 0.0948. The van der Waals surface area contributed by atoms with Crippen LogP contribution in [0.15, 0.2) is 28.8 Å². The molecule has 3 aromatic rings. The van der Waals surface area contributed by atoms with Crippen LogP contribution in [0.4, 0.5) is 0 Å². The average molecular weight is 341 g/mol. The monoisotopic (exact) mass is 341 g/mol. The molecule has 2 heterocycles. The second-order valence-corrected chi connectivity index (χ2v) is 5.60. The number of carbonyl (C=O) groups is 1. The minimum atomic E-state index is -0.209. The number of amides is 1. The lowest BCUT2D eigenvalue weighted by Crippen LogP contribution is -2.24. The maximum atomic E-state index is 12.4. The van der Waals surface area contributed by atoms with Crippen LogP contribution in [0.5, 0.6) is 5.75 Å². The Kier molecular flexibility index (Phi) is 4.51. The zero-order chi connectivity index (χ0) is 18.0. The van der Waals surface area contributed by atoms with Gasteiger partial charge in [0.1, 0.15) is 5.75 Å². The summed E-state index contributed by atoms with van der Waals surface area (Å²) in [5, 5.41) is 10.9. The first-order valence-electron chi connectivity index (χ1n) is 7.75. The summed E-state index contributed by atoms with van der Waals surface area (Å²) in [6.45, 7) is 3.83. The molecular weight excluding hydrogens is 322 g/mol. The van der Waals surface area contributed by atoms with Gasteiger partial charge in [-0.2, -0.15) is 10.1 Å². The van der Waals surface area contributed by atoms with E-state index in [2.05, 4.69) is 20.6 Å². The Bertz CT molecular complexity index is 896. The fourth-order valence-electron chi connectivity index (χ4n) is 2.53. The van der Waals surface area contributed by atoms with Gasteiger partial charge in [-0.15, -0.1) is 0 Å². The van der Waals surface area contributed by atoms with E-state index in [-0.39, 0.29) is 12.5 Å². The van der Waals surface area contributed by atoms with Crippen molar-refractivity contribution in [2.75, 3.05) is 7.11 Å². The molecule has 0 spiro atoms. The number of hydrogen-bond acceptors (Lipinski definition) is 6. The molecule has 0 aliphatic heterocycles. The van der Waals surface area contributed by atoms with Gasteiger partial charge in [0.2, 0.25) is 0 Å². The van der Waals surface area contributed by atoms with Gasteiger partial charge in [-0.05, 0) is 38.1 Å². The summed E-state index contributed by atoms with van der Waals surface area (Å²) in [7, 11) is 3.41. The van der Waals surface area contributed by atoms with Crippen molar-refractivity contribution in [2.24, 2.45) is 7.05 Å². The van der Waals surface area contributed by atoms with Crippen LogP contribution in [-0.2, 0) is 13.6 Å². The van der Waals surface area contributed by atoms with Gasteiger partial charge in [-0.1, -0.05) is 5.16 Å².